The van der Waals surface area contributed by atoms with Crippen molar-refractivity contribution in [2.45, 2.75) is 0 Å². The number of para-hydroxylation sites is 4. The van der Waals surface area contributed by atoms with Gasteiger partial charge in [0.2, 0.25) is 0 Å². The van der Waals surface area contributed by atoms with Crippen LogP contribution in [0.5, 0.6) is 0 Å². The molecule has 0 saturated carbocycles. The third-order valence-corrected chi connectivity index (χ3v) is 10.2. The van der Waals surface area contributed by atoms with Crippen LogP contribution < -0.4 is 0 Å². The maximum absolute atomic E-state index is 10.1. The minimum atomic E-state index is 0.596. The summed E-state index contributed by atoms with van der Waals surface area (Å²) in [5.74, 6) is 0. The molecule has 0 atom stereocenters. The highest BCUT2D eigenvalue weighted by atomic mass is 15.0. The van der Waals surface area contributed by atoms with E-state index in [4.69, 9.17) is 4.98 Å². The average molecular weight is 663 g/mol. The summed E-state index contributed by atoms with van der Waals surface area (Å²) in [6, 6.07) is 66.0. The molecule has 0 saturated heterocycles. The van der Waals surface area contributed by atoms with Crippen molar-refractivity contribution in [3.8, 4) is 51.1 Å². The summed E-state index contributed by atoms with van der Waals surface area (Å²) in [5.41, 5.74) is 13.0. The van der Waals surface area contributed by atoms with E-state index in [0.717, 1.165) is 56.0 Å². The second-order valence-electron chi connectivity index (χ2n) is 13.1. The van der Waals surface area contributed by atoms with Gasteiger partial charge in [-0.3, -0.25) is 0 Å². The molecule has 0 amide bonds. The Balaban J connectivity index is 1.32. The Morgan fingerprint density at radius 3 is 1.85 bits per heavy atom. The van der Waals surface area contributed by atoms with Gasteiger partial charge in [-0.25, -0.2) is 4.98 Å². The topological polar surface area (TPSA) is 46.5 Å². The van der Waals surface area contributed by atoms with Crippen molar-refractivity contribution in [3.05, 3.63) is 188 Å². The number of fused-ring (bicyclic) bond motifs is 7. The summed E-state index contributed by atoms with van der Waals surface area (Å²) in [7, 11) is 0. The van der Waals surface area contributed by atoms with Gasteiger partial charge in [-0.2, -0.15) is 5.26 Å². The zero-order chi connectivity index (χ0) is 34.6. The van der Waals surface area contributed by atoms with E-state index in [2.05, 4.69) is 155 Å². The Hall–Kier alpha value is -7.22. The minimum absolute atomic E-state index is 0.596. The lowest BCUT2D eigenvalue weighted by molar-refractivity contribution is 1.17. The van der Waals surface area contributed by atoms with Crippen molar-refractivity contribution in [1.82, 2.24) is 14.1 Å². The molecule has 0 fully saturated rings. The third kappa shape index (κ3) is 4.57. The normalized spacial score (nSPS) is 11.4. The molecule has 52 heavy (non-hydrogen) atoms. The van der Waals surface area contributed by atoms with E-state index in [1.807, 2.05) is 42.5 Å². The fourth-order valence-corrected chi connectivity index (χ4v) is 7.91. The number of nitriles is 1. The van der Waals surface area contributed by atoms with E-state index in [1.54, 1.807) is 0 Å². The highest BCUT2D eigenvalue weighted by Crippen LogP contribution is 2.44. The molecule has 3 heterocycles. The van der Waals surface area contributed by atoms with Gasteiger partial charge in [0, 0.05) is 43.9 Å². The predicted molar refractivity (Wildman–Crippen MR) is 214 cm³/mol. The maximum atomic E-state index is 10.1. The molecule has 7 aromatic carbocycles. The van der Waals surface area contributed by atoms with Gasteiger partial charge in [0.25, 0.3) is 0 Å². The van der Waals surface area contributed by atoms with Gasteiger partial charge < -0.3 is 9.13 Å². The fraction of sp³-hybridized carbons (Fsp3) is 0. The smallest absolute Gasteiger partial charge is 0.0998 e. The first-order valence-electron chi connectivity index (χ1n) is 17.5. The first-order chi connectivity index (χ1) is 25.8. The van der Waals surface area contributed by atoms with Crippen LogP contribution in [-0.4, -0.2) is 14.1 Å². The molecule has 0 N–H and O–H groups in total. The van der Waals surface area contributed by atoms with E-state index in [0.29, 0.717) is 5.56 Å². The summed E-state index contributed by atoms with van der Waals surface area (Å²) >= 11 is 0. The van der Waals surface area contributed by atoms with E-state index < -0.39 is 0 Å². The van der Waals surface area contributed by atoms with Crippen molar-refractivity contribution >= 4 is 43.6 Å². The van der Waals surface area contributed by atoms with Crippen LogP contribution in [0.1, 0.15) is 5.56 Å². The van der Waals surface area contributed by atoms with Crippen LogP contribution in [0.4, 0.5) is 0 Å². The van der Waals surface area contributed by atoms with Crippen LogP contribution in [-0.2, 0) is 0 Å². The number of benzene rings is 7. The lowest BCUT2D eigenvalue weighted by Crippen LogP contribution is -1.99. The molecule has 0 radical (unpaired) electrons. The Morgan fingerprint density at radius 1 is 0.442 bits per heavy atom. The number of aromatic nitrogens is 3. The Labute approximate surface area is 300 Å². The summed E-state index contributed by atoms with van der Waals surface area (Å²) in [6.45, 7) is 0. The molecule has 0 bridgehead atoms. The molecule has 10 rings (SSSR count). The number of hydrogen-bond acceptors (Lipinski definition) is 2. The first-order valence-corrected chi connectivity index (χ1v) is 17.5. The van der Waals surface area contributed by atoms with Crippen LogP contribution >= 0.6 is 0 Å². The van der Waals surface area contributed by atoms with E-state index >= 15 is 0 Å². The molecule has 0 aliphatic heterocycles. The average Bonchev–Trinajstić information content (AvgIpc) is 3.74. The van der Waals surface area contributed by atoms with Crippen LogP contribution in [0.3, 0.4) is 0 Å². The molecule has 0 spiro atoms. The predicted octanol–water partition coefficient (Wildman–Crippen LogP) is 12.1. The van der Waals surface area contributed by atoms with Crippen LogP contribution in [0.2, 0.25) is 0 Å². The minimum Gasteiger partial charge on any atom is -0.309 e. The zero-order valence-corrected chi connectivity index (χ0v) is 28.1. The second kappa shape index (κ2) is 12.0. The highest BCUT2D eigenvalue weighted by Gasteiger charge is 2.22. The summed E-state index contributed by atoms with van der Waals surface area (Å²) in [6.07, 6.45) is 0. The Kier molecular flexibility index (Phi) is 6.84. The van der Waals surface area contributed by atoms with Crippen molar-refractivity contribution < 1.29 is 0 Å². The zero-order valence-electron chi connectivity index (χ0n) is 28.1. The molecular weight excluding hydrogens is 633 g/mol. The van der Waals surface area contributed by atoms with Gasteiger partial charge in [0.1, 0.15) is 0 Å². The molecule has 0 aliphatic rings. The van der Waals surface area contributed by atoms with Crippen molar-refractivity contribution in [2.75, 3.05) is 0 Å². The number of rotatable bonds is 5. The van der Waals surface area contributed by atoms with Crippen LogP contribution in [0, 0.1) is 11.3 Å². The summed E-state index contributed by atoms with van der Waals surface area (Å²) < 4.78 is 4.83. The van der Waals surface area contributed by atoms with Crippen molar-refractivity contribution in [3.63, 3.8) is 0 Å². The van der Waals surface area contributed by atoms with E-state index in [1.165, 1.54) is 32.6 Å². The molecule has 3 aromatic heterocycles. The quantitative estimate of drug-likeness (QED) is 0.184. The Morgan fingerprint density at radius 2 is 1.06 bits per heavy atom. The molecule has 4 heteroatoms. The Bertz CT molecular complexity index is 3020. The largest absolute Gasteiger partial charge is 0.309 e. The number of nitrogens with zero attached hydrogens (tertiary/aromatic N) is 4. The van der Waals surface area contributed by atoms with E-state index in [-0.39, 0.29) is 0 Å². The summed E-state index contributed by atoms with van der Waals surface area (Å²) in [5, 5.41) is 14.9. The fourth-order valence-electron chi connectivity index (χ4n) is 7.91. The number of pyridine rings is 1. The molecule has 0 unspecified atom stereocenters. The van der Waals surface area contributed by atoms with Crippen molar-refractivity contribution in [1.29, 1.82) is 5.26 Å². The molecule has 0 aliphatic carbocycles. The van der Waals surface area contributed by atoms with Crippen molar-refractivity contribution in [2.24, 2.45) is 0 Å². The lowest BCUT2D eigenvalue weighted by Gasteiger charge is -2.17. The third-order valence-electron chi connectivity index (χ3n) is 10.2. The molecule has 10 aromatic rings. The monoisotopic (exact) mass is 662 g/mol. The van der Waals surface area contributed by atoms with E-state index in [9.17, 15) is 5.26 Å². The van der Waals surface area contributed by atoms with Gasteiger partial charge in [0.15, 0.2) is 0 Å². The lowest BCUT2D eigenvalue weighted by atomic mass is 9.97. The van der Waals surface area contributed by atoms with Crippen LogP contribution in [0.15, 0.2) is 182 Å². The van der Waals surface area contributed by atoms with Gasteiger partial charge >= 0.3 is 0 Å². The van der Waals surface area contributed by atoms with Crippen LogP contribution in [0.25, 0.3) is 88.6 Å². The first kappa shape index (κ1) is 29.7. The molecular formula is C48H30N4. The molecule has 242 valence electrons. The SMILES string of the molecule is N#Cc1ccccc1-c1cc(-c2ccccc2-n2c3ccccc3c3ccc4c(c5ccccc5n4-c4ccccc4)c32)cc(-c2ccccc2)n1. The highest BCUT2D eigenvalue weighted by molar-refractivity contribution is 6.26. The second-order valence-corrected chi connectivity index (χ2v) is 13.1. The number of hydrogen-bond donors (Lipinski definition) is 0. The van der Waals surface area contributed by atoms with Gasteiger partial charge in [-0.1, -0.05) is 127 Å². The van der Waals surface area contributed by atoms with Gasteiger partial charge in [0.05, 0.1) is 50.8 Å². The standard InChI is InChI=1S/C48H30N4/c49-31-33-17-7-8-20-36(33)42-30-34(29-41(50-42)32-15-3-1-4-16-32)37-21-9-12-24-43(37)52-44-25-13-10-22-38(44)39-27-28-46-47(48(39)52)40-23-11-14-26-45(40)51(46)35-18-5-2-6-19-35/h1-30H. The maximum Gasteiger partial charge on any atom is 0.0998 e. The van der Waals surface area contributed by atoms with Gasteiger partial charge in [-0.15, -0.1) is 0 Å². The summed E-state index contributed by atoms with van der Waals surface area (Å²) in [4.78, 5) is 5.15. The van der Waals surface area contributed by atoms with Gasteiger partial charge in [-0.05, 0) is 60.2 Å². The molecule has 4 nitrogen and oxygen atoms in total.